The Bertz CT molecular complexity index is 1670. The molecule has 4 bridgehead atoms. The monoisotopic (exact) mass is 775 g/mol. The van der Waals surface area contributed by atoms with E-state index >= 15 is 0 Å². The molecular formula is C38H50ClN3O10S. The predicted octanol–water partition coefficient (Wildman–Crippen LogP) is 4.65. The first-order valence-corrected chi connectivity index (χ1v) is 19.1. The summed E-state index contributed by atoms with van der Waals surface area (Å²) in [5, 5.41) is 14.4. The number of amides is 3. The van der Waals surface area contributed by atoms with Crippen molar-refractivity contribution < 1.29 is 48.1 Å². The van der Waals surface area contributed by atoms with Gasteiger partial charge in [0.05, 0.1) is 29.2 Å². The molecule has 0 aliphatic carbocycles. The number of hydrogen-bond donors (Lipinski definition) is 2. The molecule has 2 saturated heterocycles. The number of fused-ring (bicyclic) bond motifs is 5. The van der Waals surface area contributed by atoms with Crippen molar-refractivity contribution in [3.05, 3.63) is 52.1 Å². The molecular weight excluding hydrogens is 726 g/mol. The van der Waals surface area contributed by atoms with Gasteiger partial charge >= 0.3 is 12.1 Å². The van der Waals surface area contributed by atoms with Crippen LogP contribution in [0.25, 0.3) is 0 Å². The van der Waals surface area contributed by atoms with Gasteiger partial charge < -0.3 is 33.9 Å². The van der Waals surface area contributed by atoms with Crippen LogP contribution in [0.1, 0.15) is 76.7 Å². The Morgan fingerprint density at radius 1 is 1.25 bits per heavy atom. The highest BCUT2D eigenvalue weighted by atomic mass is 35.5. The summed E-state index contributed by atoms with van der Waals surface area (Å²) in [5.74, 6) is -2.66. The van der Waals surface area contributed by atoms with E-state index in [1.54, 1.807) is 56.8 Å². The summed E-state index contributed by atoms with van der Waals surface area (Å²) in [6, 6.07) is 2.31. The number of likely N-dealkylation sites (N-methyl/N-ethyl adjacent to an activating group) is 1. The third-order valence-corrected chi connectivity index (χ3v) is 11.8. The number of nitrogens with one attached hydrogen (secondary N) is 1. The van der Waals surface area contributed by atoms with Gasteiger partial charge in [-0.15, -0.1) is 0 Å². The van der Waals surface area contributed by atoms with Crippen molar-refractivity contribution in [1.82, 2.24) is 10.2 Å². The van der Waals surface area contributed by atoms with Gasteiger partial charge in [-0.3, -0.25) is 19.7 Å². The molecule has 8 atom stereocenters. The minimum absolute atomic E-state index is 0.0639. The molecule has 3 amide bonds. The summed E-state index contributed by atoms with van der Waals surface area (Å²) in [5.41, 5.74) is -1.35. The van der Waals surface area contributed by atoms with Crippen molar-refractivity contribution in [2.45, 2.75) is 108 Å². The van der Waals surface area contributed by atoms with Crippen molar-refractivity contribution in [1.29, 1.82) is 0 Å². The molecule has 1 aromatic carbocycles. The van der Waals surface area contributed by atoms with Crippen LogP contribution in [0, 0.1) is 11.8 Å². The molecule has 290 valence electrons. The zero-order chi connectivity index (χ0) is 39.4. The lowest BCUT2D eigenvalue weighted by atomic mass is 9.82. The number of carbonyl (C=O) groups excluding carboxylic acids is 6. The number of anilines is 1. The molecule has 13 nitrogen and oxygen atoms in total. The lowest BCUT2D eigenvalue weighted by Crippen LogP contribution is -2.61. The van der Waals surface area contributed by atoms with E-state index in [1.165, 1.54) is 30.0 Å². The van der Waals surface area contributed by atoms with E-state index in [0.29, 0.717) is 35.6 Å². The van der Waals surface area contributed by atoms with Gasteiger partial charge in [0.25, 0.3) is 0 Å². The van der Waals surface area contributed by atoms with Crippen LogP contribution in [0.2, 0.25) is 5.02 Å². The first-order valence-electron chi connectivity index (χ1n) is 17.6. The SMILES string of the molecule is C/C1=C\C=C\[C@@H](C=O)[C@@]2(O)C[C@H](OC(=O)N2)[C@@H](C)[C@@H]2O[C@@]2(C)[C@@H](OC(=O)[C@H](C)N(C)C(=O)CCSC(C)C)CC(=O)N(C)c2cc(cc(C=O)c2Cl)C1. The van der Waals surface area contributed by atoms with Crippen molar-refractivity contribution >= 4 is 65.5 Å². The first-order chi connectivity index (χ1) is 24.8. The van der Waals surface area contributed by atoms with E-state index < -0.39 is 65.5 Å². The zero-order valence-electron chi connectivity index (χ0n) is 31.4. The molecule has 1 aromatic rings. The maximum absolute atomic E-state index is 14.1. The van der Waals surface area contributed by atoms with E-state index in [1.807, 2.05) is 20.8 Å². The quantitative estimate of drug-likeness (QED) is 0.203. The highest BCUT2D eigenvalue weighted by molar-refractivity contribution is 7.99. The zero-order valence-corrected chi connectivity index (χ0v) is 33.0. The van der Waals surface area contributed by atoms with E-state index in [4.69, 9.17) is 25.8 Å². The standard InChI is InChI=1S/C38H50ClN3O10S/c1-21(2)53-13-12-31(45)41(7)24(5)35(47)51-30-17-32(46)42(8)28-16-25(15-26(19-43)33(28)39)14-22(3)10-9-11-27(20-44)38(49)18-29(50-36(48)40-38)23(4)34-37(30,6)52-34/h9-11,15-16,19-21,23-24,27,29-30,34,49H,12-14,17-18H2,1-8H3,(H,40,48)/b11-9+,22-10+/t23-,24+,27+,29+,30+,34+,37+,38+/m1/s1. The van der Waals surface area contributed by atoms with Crippen LogP contribution in [-0.2, 0) is 39.8 Å². The Balaban J connectivity index is 1.73. The molecule has 0 radical (unpaired) electrons. The number of allylic oxidation sites excluding steroid dienone is 3. The largest absolute Gasteiger partial charge is 0.457 e. The van der Waals surface area contributed by atoms with Crippen LogP contribution in [0.15, 0.2) is 35.9 Å². The summed E-state index contributed by atoms with van der Waals surface area (Å²) in [4.78, 5) is 80.4. The van der Waals surface area contributed by atoms with Crippen LogP contribution in [0.4, 0.5) is 10.5 Å². The summed E-state index contributed by atoms with van der Waals surface area (Å²) >= 11 is 8.27. The summed E-state index contributed by atoms with van der Waals surface area (Å²) < 4.78 is 17.8. The highest BCUT2D eigenvalue weighted by Crippen LogP contribution is 2.49. The van der Waals surface area contributed by atoms with Gasteiger partial charge in [0, 0.05) is 44.2 Å². The number of thioether (sulfide) groups is 1. The maximum atomic E-state index is 14.1. The molecule has 3 aliphatic heterocycles. The van der Waals surface area contributed by atoms with Crippen molar-refractivity contribution in [2.75, 3.05) is 24.7 Å². The Morgan fingerprint density at radius 3 is 2.58 bits per heavy atom. The Labute approximate surface area is 319 Å². The van der Waals surface area contributed by atoms with E-state index in [-0.39, 0.29) is 41.4 Å². The Kier molecular flexibility index (Phi) is 13.6. The number of aliphatic hydroxyl groups is 1. The van der Waals surface area contributed by atoms with Gasteiger partial charge in [0.2, 0.25) is 11.8 Å². The topological polar surface area (TPSA) is 172 Å². The van der Waals surface area contributed by atoms with Gasteiger partial charge in [-0.2, -0.15) is 11.8 Å². The minimum atomic E-state index is -1.99. The first kappa shape index (κ1) is 42.0. The fourth-order valence-corrected chi connectivity index (χ4v) is 7.75. The van der Waals surface area contributed by atoms with Crippen LogP contribution in [0.5, 0.6) is 0 Å². The number of benzene rings is 1. The van der Waals surface area contributed by atoms with Crippen molar-refractivity contribution in [3.63, 3.8) is 0 Å². The third kappa shape index (κ3) is 9.69. The molecule has 2 N–H and O–H groups in total. The molecule has 0 unspecified atom stereocenters. The average molecular weight is 776 g/mol. The number of esters is 1. The number of hydrogen-bond acceptors (Lipinski definition) is 11. The van der Waals surface area contributed by atoms with Gasteiger partial charge in [0.1, 0.15) is 30.1 Å². The predicted molar refractivity (Wildman–Crippen MR) is 201 cm³/mol. The van der Waals surface area contributed by atoms with Crippen LogP contribution in [-0.4, -0.2) is 107 Å². The summed E-state index contributed by atoms with van der Waals surface area (Å²) in [6.45, 7) is 10.8. The van der Waals surface area contributed by atoms with Gasteiger partial charge in [-0.05, 0) is 50.1 Å². The molecule has 15 heteroatoms. The molecule has 0 saturated carbocycles. The summed E-state index contributed by atoms with van der Waals surface area (Å²) in [6.07, 6.45) is 2.20. The van der Waals surface area contributed by atoms with Crippen LogP contribution < -0.4 is 10.2 Å². The molecule has 53 heavy (non-hydrogen) atoms. The second-order valence-electron chi connectivity index (χ2n) is 14.6. The lowest BCUT2D eigenvalue weighted by molar-refractivity contribution is -0.161. The van der Waals surface area contributed by atoms with E-state index in [2.05, 4.69) is 5.32 Å². The molecule has 0 spiro atoms. The number of nitrogens with zero attached hydrogens (tertiary/aromatic N) is 2. The Morgan fingerprint density at radius 2 is 1.94 bits per heavy atom. The summed E-state index contributed by atoms with van der Waals surface area (Å²) in [7, 11) is 3.02. The minimum Gasteiger partial charge on any atom is -0.457 e. The Hall–Kier alpha value is -3.72. The maximum Gasteiger partial charge on any atom is 0.409 e. The average Bonchev–Trinajstić information content (AvgIpc) is 3.79. The third-order valence-electron chi connectivity index (χ3n) is 10.3. The molecule has 4 rings (SSSR count). The van der Waals surface area contributed by atoms with Gasteiger partial charge in [-0.25, -0.2) is 9.59 Å². The van der Waals surface area contributed by atoms with Gasteiger partial charge in [0.15, 0.2) is 12.0 Å². The van der Waals surface area contributed by atoms with E-state index in [0.717, 1.165) is 5.57 Å². The normalized spacial score (nSPS) is 31.2. The fourth-order valence-electron chi connectivity index (χ4n) is 6.70. The number of rotatable bonds is 9. The number of alkyl carbamates (subject to hydrolysis) is 1. The van der Waals surface area contributed by atoms with Crippen molar-refractivity contribution in [2.24, 2.45) is 11.8 Å². The molecule has 2 fully saturated rings. The van der Waals surface area contributed by atoms with Crippen LogP contribution in [0.3, 0.4) is 0 Å². The number of epoxide rings is 1. The van der Waals surface area contributed by atoms with Gasteiger partial charge in [-0.1, -0.05) is 56.2 Å². The lowest BCUT2D eigenvalue weighted by Gasteiger charge is -2.41. The number of aldehydes is 2. The fraction of sp³-hybridized carbons (Fsp3) is 0.579. The second kappa shape index (κ2) is 17.2. The van der Waals surface area contributed by atoms with Crippen molar-refractivity contribution in [3.8, 4) is 0 Å². The van der Waals surface area contributed by atoms with Crippen LogP contribution >= 0.6 is 23.4 Å². The number of ether oxygens (including phenoxy) is 3. The number of carbonyl (C=O) groups is 6. The molecule has 3 aliphatic rings. The molecule has 0 aromatic heterocycles. The molecule has 3 heterocycles. The second-order valence-corrected chi connectivity index (χ2v) is 16.6. The van der Waals surface area contributed by atoms with E-state index in [9.17, 15) is 33.9 Å². The smallest absolute Gasteiger partial charge is 0.409 e. The highest BCUT2D eigenvalue weighted by Gasteiger charge is 2.64. The number of halogens is 1.